The van der Waals surface area contributed by atoms with Crippen LogP contribution in [0, 0.1) is 0 Å². The number of nitrogens with one attached hydrogen (secondary N) is 1. The first-order valence-electron chi connectivity index (χ1n) is 5.73. The highest BCUT2D eigenvalue weighted by molar-refractivity contribution is 4.96. The van der Waals surface area contributed by atoms with Crippen LogP contribution in [0.4, 0.5) is 0 Å². The summed E-state index contributed by atoms with van der Waals surface area (Å²) in [4.78, 5) is 8.30. The summed E-state index contributed by atoms with van der Waals surface area (Å²) in [7, 11) is 0. The van der Waals surface area contributed by atoms with Crippen molar-refractivity contribution in [2.24, 2.45) is 0 Å². The van der Waals surface area contributed by atoms with Gasteiger partial charge in [-0.1, -0.05) is 19.0 Å². The van der Waals surface area contributed by atoms with Crippen molar-refractivity contribution >= 4 is 0 Å². The molecule has 2 aromatic rings. The Morgan fingerprint density at radius 3 is 3.00 bits per heavy atom. The lowest BCUT2D eigenvalue weighted by Crippen LogP contribution is -2.21. The van der Waals surface area contributed by atoms with Gasteiger partial charge in [0.1, 0.15) is 0 Å². The standard InChI is InChI=1S/C11H17N5O/c1-9(2)12-5-10-6-16(8-14-10)4-3-11-13-7-15-17-11/h6-9,12H,3-5H2,1-2H3. The van der Waals surface area contributed by atoms with E-state index in [9.17, 15) is 0 Å². The van der Waals surface area contributed by atoms with E-state index >= 15 is 0 Å². The van der Waals surface area contributed by atoms with Crippen molar-refractivity contribution in [3.05, 3.63) is 30.4 Å². The third-order valence-corrected chi connectivity index (χ3v) is 2.37. The maximum absolute atomic E-state index is 4.93. The second kappa shape index (κ2) is 5.58. The molecule has 0 bridgehead atoms. The topological polar surface area (TPSA) is 68.8 Å². The van der Waals surface area contributed by atoms with Crippen LogP contribution in [-0.2, 0) is 19.5 Å². The average molecular weight is 235 g/mol. The Morgan fingerprint density at radius 1 is 1.41 bits per heavy atom. The Kier molecular flexibility index (Phi) is 3.87. The fraction of sp³-hybridized carbons (Fsp3) is 0.545. The summed E-state index contributed by atoms with van der Waals surface area (Å²) < 4.78 is 6.96. The minimum absolute atomic E-state index is 0.471. The monoisotopic (exact) mass is 235 g/mol. The van der Waals surface area contributed by atoms with Crippen LogP contribution in [0.2, 0.25) is 0 Å². The van der Waals surface area contributed by atoms with Crippen molar-refractivity contribution in [2.45, 2.75) is 39.4 Å². The Morgan fingerprint density at radius 2 is 2.29 bits per heavy atom. The van der Waals surface area contributed by atoms with E-state index in [1.165, 1.54) is 6.33 Å². The highest BCUT2D eigenvalue weighted by Crippen LogP contribution is 2.00. The van der Waals surface area contributed by atoms with E-state index < -0.39 is 0 Å². The van der Waals surface area contributed by atoms with Gasteiger partial charge in [-0.3, -0.25) is 0 Å². The first kappa shape index (κ1) is 11.8. The lowest BCUT2D eigenvalue weighted by molar-refractivity contribution is 0.371. The molecule has 0 saturated heterocycles. The Balaban J connectivity index is 1.81. The van der Waals surface area contributed by atoms with E-state index in [4.69, 9.17) is 4.52 Å². The third kappa shape index (κ3) is 3.67. The Labute approximate surface area is 100 Å². The zero-order valence-corrected chi connectivity index (χ0v) is 10.1. The van der Waals surface area contributed by atoms with Crippen LogP contribution in [0.15, 0.2) is 23.4 Å². The molecule has 0 spiro atoms. The highest BCUT2D eigenvalue weighted by atomic mass is 16.5. The van der Waals surface area contributed by atoms with Crippen LogP contribution in [0.25, 0.3) is 0 Å². The molecule has 6 nitrogen and oxygen atoms in total. The summed E-state index contributed by atoms with van der Waals surface area (Å²) in [5, 5.41) is 6.90. The van der Waals surface area contributed by atoms with Gasteiger partial charge < -0.3 is 14.4 Å². The molecule has 2 aromatic heterocycles. The Hall–Kier alpha value is -1.69. The summed E-state index contributed by atoms with van der Waals surface area (Å²) in [6.45, 7) is 5.83. The van der Waals surface area contributed by atoms with Crippen molar-refractivity contribution in [1.82, 2.24) is 25.0 Å². The second-order valence-corrected chi connectivity index (χ2v) is 4.22. The zero-order valence-electron chi connectivity index (χ0n) is 10.1. The van der Waals surface area contributed by atoms with E-state index in [-0.39, 0.29) is 0 Å². The minimum Gasteiger partial charge on any atom is -0.340 e. The van der Waals surface area contributed by atoms with Crippen molar-refractivity contribution < 1.29 is 4.52 Å². The molecule has 1 N–H and O–H groups in total. The molecule has 0 fully saturated rings. The molecule has 0 atom stereocenters. The normalized spacial score (nSPS) is 11.2. The fourth-order valence-corrected chi connectivity index (χ4v) is 1.46. The van der Waals surface area contributed by atoms with Crippen LogP contribution >= 0.6 is 0 Å². The summed E-state index contributed by atoms with van der Waals surface area (Å²) in [6, 6.07) is 0.471. The van der Waals surface area contributed by atoms with Crippen molar-refractivity contribution in [1.29, 1.82) is 0 Å². The average Bonchev–Trinajstić information content (AvgIpc) is 2.95. The molecule has 0 aliphatic rings. The molecule has 0 aromatic carbocycles. The lowest BCUT2D eigenvalue weighted by atomic mass is 10.3. The lowest BCUT2D eigenvalue weighted by Gasteiger charge is -2.04. The predicted molar refractivity (Wildman–Crippen MR) is 62.2 cm³/mol. The predicted octanol–water partition coefficient (Wildman–Crippen LogP) is 1.01. The van der Waals surface area contributed by atoms with Crippen molar-refractivity contribution in [2.75, 3.05) is 0 Å². The maximum atomic E-state index is 4.93. The summed E-state index contributed by atoms with van der Waals surface area (Å²) >= 11 is 0. The van der Waals surface area contributed by atoms with Gasteiger partial charge >= 0.3 is 0 Å². The van der Waals surface area contributed by atoms with Crippen molar-refractivity contribution in [3.8, 4) is 0 Å². The molecule has 17 heavy (non-hydrogen) atoms. The fourth-order valence-electron chi connectivity index (χ4n) is 1.46. The van der Waals surface area contributed by atoms with Crippen LogP contribution < -0.4 is 5.32 Å². The van der Waals surface area contributed by atoms with Gasteiger partial charge in [0, 0.05) is 31.7 Å². The van der Waals surface area contributed by atoms with Gasteiger partial charge in [0.2, 0.25) is 5.89 Å². The minimum atomic E-state index is 0.471. The summed E-state index contributed by atoms with van der Waals surface area (Å²) in [5.41, 5.74) is 1.05. The van der Waals surface area contributed by atoms with E-state index in [0.717, 1.165) is 25.2 Å². The molecule has 0 saturated carbocycles. The van der Waals surface area contributed by atoms with Gasteiger partial charge in [-0.25, -0.2) is 4.98 Å². The van der Waals surface area contributed by atoms with E-state index in [1.807, 2.05) is 17.1 Å². The molecular formula is C11H17N5O. The van der Waals surface area contributed by atoms with Gasteiger partial charge in [0.05, 0.1) is 12.0 Å². The molecule has 0 aliphatic heterocycles. The molecule has 0 amide bonds. The number of aryl methyl sites for hydroxylation is 2. The van der Waals surface area contributed by atoms with Gasteiger partial charge in [-0.15, -0.1) is 0 Å². The zero-order chi connectivity index (χ0) is 12.1. The van der Waals surface area contributed by atoms with Gasteiger partial charge in [0.15, 0.2) is 6.33 Å². The third-order valence-electron chi connectivity index (χ3n) is 2.37. The molecule has 0 radical (unpaired) electrons. The molecule has 6 heteroatoms. The summed E-state index contributed by atoms with van der Waals surface area (Å²) in [6.07, 6.45) is 6.01. The van der Waals surface area contributed by atoms with Crippen LogP contribution in [-0.4, -0.2) is 25.7 Å². The van der Waals surface area contributed by atoms with Gasteiger partial charge in [-0.05, 0) is 0 Å². The smallest absolute Gasteiger partial charge is 0.228 e. The number of aromatic nitrogens is 4. The number of imidazole rings is 1. The number of rotatable bonds is 6. The van der Waals surface area contributed by atoms with E-state index in [0.29, 0.717) is 11.9 Å². The molecule has 0 unspecified atom stereocenters. The van der Waals surface area contributed by atoms with Crippen LogP contribution in [0.1, 0.15) is 25.4 Å². The van der Waals surface area contributed by atoms with Gasteiger partial charge in [-0.2, -0.15) is 4.98 Å². The van der Waals surface area contributed by atoms with Gasteiger partial charge in [0.25, 0.3) is 0 Å². The number of hydrogen-bond acceptors (Lipinski definition) is 5. The largest absolute Gasteiger partial charge is 0.340 e. The molecular weight excluding hydrogens is 218 g/mol. The van der Waals surface area contributed by atoms with Crippen LogP contribution in [0.5, 0.6) is 0 Å². The number of nitrogens with zero attached hydrogens (tertiary/aromatic N) is 4. The molecule has 2 rings (SSSR count). The number of hydrogen-bond donors (Lipinski definition) is 1. The quantitative estimate of drug-likeness (QED) is 0.809. The second-order valence-electron chi connectivity index (χ2n) is 4.22. The van der Waals surface area contributed by atoms with Crippen LogP contribution in [0.3, 0.4) is 0 Å². The SMILES string of the molecule is CC(C)NCc1cn(CCc2ncno2)cn1. The molecule has 2 heterocycles. The van der Waals surface area contributed by atoms with E-state index in [2.05, 4.69) is 34.3 Å². The highest BCUT2D eigenvalue weighted by Gasteiger charge is 2.02. The maximum Gasteiger partial charge on any atom is 0.228 e. The Bertz CT molecular complexity index is 434. The molecule has 92 valence electrons. The first-order chi connectivity index (χ1) is 8.24. The van der Waals surface area contributed by atoms with Crippen molar-refractivity contribution in [3.63, 3.8) is 0 Å². The van der Waals surface area contributed by atoms with E-state index in [1.54, 1.807) is 0 Å². The first-order valence-corrected chi connectivity index (χ1v) is 5.73. The summed E-state index contributed by atoms with van der Waals surface area (Å²) in [5.74, 6) is 0.653. The molecule has 0 aliphatic carbocycles.